The number of aromatic nitrogens is 1. The van der Waals surface area contributed by atoms with Crippen LogP contribution in [0.15, 0.2) is 41.5 Å². The summed E-state index contributed by atoms with van der Waals surface area (Å²) in [6.07, 6.45) is 2.06. The maximum Gasteiger partial charge on any atom is 0.371 e. The predicted octanol–water partition coefficient (Wildman–Crippen LogP) is 7.14. The lowest BCUT2D eigenvalue weighted by molar-refractivity contribution is -0.135. The van der Waals surface area contributed by atoms with E-state index in [1.165, 1.54) is 25.3 Å². The summed E-state index contributed by atoms with van der Waals surface area (Å²) in [6, 6.07) is 7.71. The number of hydrogen-bond donors (Lipinski definition) is 2. The quantitative estimate of drug-likeness (QED) is 0.145. The number of anilines is 1. The third kappa shape index (κ3) is 7.52. The third-order valence-electron chi connectivity index (χ3n) is 5.22. The highest BCUT2D eigenvalue weighted by molar-refractivity contribution is 7.14. The molecule has 11 heteroatoms. The molecule has 0 saturated carbocycles. The minimum Gasteiger partial charge on any atom is -0.490 e. The molecule has 0 atom stereocenters. The van der Waals surface area contributed by atoms with E-state index in [1.54, 1.807) is 23.6 Å². The summed E-state index contributed by atoms with van der Waals surface area (Å²) < 4.78 is 25.5. The highest BCUT2D eigenvalue weighted by atomic mass is 35.5. The fourth-order valence-corrected chi connectivity index (χ4v) is 4.51. The molecule has 0 aliphatic heterocycles. The Balaban J connectivity index is 1.75. The Kier molecular flexibility index (Phi) is 10.0. The van der Waals surface area contributed by atoms with Gasteiger partial charge in [-0.25, -0.2) is 14.2 Å². The second-order valence-corrected chi connectivity index (χ2v) is 10.0. The molecular formula is C26H25Cl2FN2O5S. The number of carboxylic acid groups (broad SMARTS) is 1. The zero-order valence-corrected chi connectivity index (χ0v) is 22.6. The van der Waals surface area contributed by atoms with E-state index in [2.05, 4.69) is 24.1 Å². The number of benzene rings is 2. The second-order valence-electron chi connectivity index (χ2n) is 8.38. The fourth-order valence-electron chi connectivity index (χ4n) is 3.21. The van der Waals surface area contributed by atoms with Crippen molar-refractivity contribution >= 4 is 57.6 Å². The van der Waals surface area contributed by atoms with Crippen LogP contribution < -0.4 is 5.32 Å². The highest BCUT2D eigenvalue weighted by Crippen LogP contribution is 2.31. The maximum absolute atomic E-state index is 15.1. The van der Waals surface area contributed by atoms with Gasteiger partial charge in [0.25, 0.3) is 5.91 Å². The van der Waals surface area contributed by atoms with Crippen LogP contribution in [0.25, 0.3) is 17.3 Å². The van der Waals surface area contributed by atoms with Gasteiger partial charge in [0.1, 0.15) is 5.82 Å². The standard InChI is InChI=1S/C26H25Cl2FN2O5S/c1-14(2)7-8-36-12-15-5-4-6-17(23(15)29)21-13-37-26(30-21)31-24(32)16-9-19(27)18(20(28)10-16)11-22(35-3)25(33)34/h4-6,9-11,13-14H,7-8,12H2,1-3H3,(H,33,34)(H,30,31,32). The van der Waals surface area contributed by atoms with Crippen LogP contribution in [0.5, 0.6) is 0 Å². The van der Waals surface area contributed by atoms with Gasteiger partial charge < -0.3 is 14.6 Å². The molecule has 0 radical (unpaired) electrons. The Morgan fingerprint density at radius 1 is 1.24 bits per heavy atom. The van der Waals surface area contributed by atoms with Gasteiger partial charge in [-0.1, -0.05) is 49.2 Å². The van der Waals surface area contributed by atoms with Crippen molar-refractivity contribution in [3.8, 4) is 11.3 Å². The highest BCUT2D eigenvalue weighted by Gasteiger charge is 2.18. The van der Waals surface area contributed by atoms with Crippen molar-refractivity contribution in [3.63, 3.8) is 0 Å². The Hall–Kier alpha value is -2.98. The monoisotopic (exact) mass is 566 g/mol. The molecule has 0 bridgehead atoms. The molecule has 2 N–H and O–H groups in total. The molecular weight excluding hydrogens is 542 g/mol. The number of thiazole rings is 1. The molecule has 0 aliphatic rings. The Bertz CT molecular complexity index is 1300. The van der Waals surface area contributed by atoms with Crippen LogP contribution >= 0.6 is 34.5 Å². The number of methoxy groups -OCH3 is 1. The number of carbonyl (C=O) groups is 2. The van der Waals surface area contributed by atoms with Crippen molar-refractivity contribution in [2.75, 3.05) is 19.0 Å². The van der Waals surface area contributed by atoms with Crippen LogP contribution in [-0.2, 0) is 20.9 Å². The lowest BCUT2D eigenvalue weighted by atomic mass is 10.1. The summed E-state index contributed by atoms with van der Waals surface area (Å²) in [6.45, 7) is 4.90. The van der Waals surface area contributed by atoms with Crippen LogP contribution in [0.3, 0.4) is 0 Å². The lowest BCUT2D eigenvalue weighted by Gasteiger charge is -2.09. The van der Waals surface area contributed by atoms with Crippen LogP contribution in [-0.4, -0.2) is 35.7 Å². The number of ether oxygens (including phenoxy) is 2. The van der Waals surface area contributed by atoms with Gasteiger partial charge in [-0.2, -0.15) is 0 Å². The molecule has 1 aromatic heterocycles. The van der Waals surface area contributed by atoms with Gasteiger partial charge in [-0.05, 0) is 36.6 Å². The minimum atomic E-state index is -1.29. The van der Waals surface area contributed by atoms with Crippen molar-refractivity contribution in [1.82, 2.24) is 4.98 Å². The van der Waals surface area contributed by atoms with E-state index >= 15 is 4.39 Å². The Labute approximate surface area is 227 Å². The predicted molar refractivity (Wildman–Crippen MR) is 144 cm³/mol. The van der Waals surface area contributed by atoms with E-state index in [0.29, 0.717) is 29.3 Å². The van der Waals surface area contributed by atoms with E-state index in [0.717, 1.165) is 17.8 Å². The van der Waals surface area contributed by atoms with Crippen LogP contribution in [0.1, 0.15) is 41.8 Å². The van der Waals surface area contributed by atoms with Crippen LogP contribution in [0, 0.1) is 11.7 Å². The summed E-state index contributed by atoms with van der Waals surface area (Å²) in [5, 5.41) is 13.8. The normalized spacial score (nSPS) is 11.6. The molecule has 3 aromatic rings. The average molecular weight is 567 g/mol. The lowest BCUT2D eigenvalue weighted by Crippen LogP contribution is -2.12. The second kappa shape index (κ2) is 13.0. The molecule has 0 aliphatic carbocycles. The molecule has 196 valence electrons. The molecule has 0 spiro atoms. The van der Waals surface area contributed by atoms with Gasteiger partial charge in [0, 0.05) is 34.2 Å². The van der Waals surface area contributed by atoms with E-state index in [1.807, 2.05) is 0 Å². The molecule has 7 nitrogen and oxygen atoms in total. The largest absolute Gasteiger partial charge is 0.490 e. The summed E-state index contributed by atoms with van der Waals surface area (Å²) >= 11 is 13.6. The van der Waals surface area contributed by atoms with Crippen molar-refractivity contribution in [2.24, 2.45) is 5.92 Å². The van der Waals surface area contributed by atoms with E-state index in [-0.39, 0.29) is 38.7 Å². The van der Waals surface area contributed by atoms with Gasteiger partial charge in [-0.3, -0.25) is 10.1 Å². The third-order valence-corrected chi connectivity index (χ3v) is 6.61. The fraction of sp³-hybridized carbons (Fsp3) is 0.269. The van der Waals surface area contributed by atoms with E-state index < -0.39 is 17.7 Å². The summed E-state index contributed by atoms with van der Waals surface area (Å²) in [4.78, 5) is 28.3. The van der Waals surface area contributed by atoms with Gasteiger partial charge >= 0.3 is 5.97 Å². The van der Waals surface area contributed by atoms with Gasteiger partial charge in [0.05, 0.1) is 29.5 Å². The van der Waals surface area contributed by atoms with Gasteiger partial charge in [-0.15, -0.1) is 11.3 Å². The number of hydrogen-bond acceptors (Lipinski definition) is 6. The first kappa shape index (κ1) is 28.6. The van der Waals surface area contributed by atoms with E-state index in [9.17, 15) is 9.59 Å². The van der Waals surface area contributed by atoms with Gasteiger partial charge in [0.15, 0.2) is 5.13 Å². The number of rotatable bonds is 11. The topological polar surface area (TPSA) is 97.8 Å². The SMILES string of the molecule is COC(=Cc1c(Cl)cc(C(=O)Nc2nc(-c3cccc(COCCC(C)C)c3F)cs2)cc1Cl)C(=O)O. The minimum absolute atomic E-state index is 0.0581. The van der Waals surface area contributed by atoms with Crippen molar-refractivity contribution in [1.29, 1.82) is 0 Å². The molecule has 0 fully saturated rings. The molecule has 1 amide bonds. The van der Waals surface area contributed by atoms with Crippen LogP contribution in [0.2, 0.25) is 10.0 Å². The smallest absolute Gasteiger partial charge is 0.371 e. The van der Waals surface area contributed by atoms with Crippen molar-refractivity contribution in [2.45, 2.75) is 26.9 Å². The number of halogens is 3. The zero-order chi connectivity index (χ0) is 27.1. The number of carbonyl (C=O) groups excluding carboxylic acids is 1. The zero-order valence-electron chi connectivity index (χ0n) is 20.3. The van der Waals surface area contributed by atoms with Crippen LogP contribution in [0.4, 0.5) is 9.52 Å². The molecule has 0 unspecified atom stereocenters. The Morgan fingerprint density at radius 3 is 2.57 bits per heavy atom. The number of carboxylic acids is 1. The van der Waals surface area contributed by atoms with Crippen molar-refractivity contribution in [3.05, 3.63) is 74.0 Å². The maximum atomic E-state index is 15.1. The summed E-state index contributed by atoms with van der Waals surface area (Å²) in [5.41, 5.74) is 1.43. The summed E-state index contributed by atoms with van der Waals surface area (Å²) in [7, 11) is 1.20. The molecule has 0 saturated heterocycles. The first-order valence-electron chi connectivity index (χ1n) is 11.2. The average Bonchev–Trinajstić information content (AvgIpc) is 3.30. The first-order chi connectivity index (χ1) is 17.6. The number of aliphatic carboxylic acids is 1. The molecule has 3 rings (SSSR count). The van der Waals surface area contributed by atoms with Crippen molar-refractivity contribution < 1.29 is 28.6 Å². The Morgan fingerprint density at radius 2 is 1.95 bits per heavy atom. The molecule has 2 aromatic carbocycles. The number of nitrogens with zero attached hydrogens (tertiary/aromatic N) is 1. The summed E-state index contributed by atoms with van der Waals surface area (Å²) in [5.74, 6) is -2.12. The number of nitrogens with one attached hydrogen (secondary N) is 1. The first-order valence-corrected chi connectivity index (χ1v) is 12.8. The number of amides is 1. The van der Waals surface area contributed by atoms with Gasteiger partial charge in [0.2, 0.25) is 5.76 Å². The molecule has 37 heavy (non-hydrogen) atoms. The van der Waals surface area contributed by atoms with E-state index in [4.69, 9.17) is 37.8 Å². The molecule has 1 heterocycles.